The third-order valence-electron chi connectivity index (χ3n) is 5.36. The molecule has 1 N–H and O–H groups in total. The highest BCUT2D eigenvalue weighted by molar-refractivity contribution is 7.89. The molecule has 1 heterocycles. The second-order valence-corrected chi connectivity index (χ2v) is 9.39. The molecule has 0 atom stereocenters. The van der Waals surface area contributed by atoms with Crippen LogP contribution in [0.3, 0.4) is 0 Å². The minimum atomic E-state index is -4.51. The molecule has 4 rings (SSSR count). The summed E-state index contributed by atoms with van der Waals surface area (Å²) in [5.74, 6) is 0. The summed E-state index contributed by atoms with van der Waals surface area (Å²) in [6.45, 7) is 3.78. The van der Waals surface area contributed by atoms with Crippen molar-refractivity contribution in [1.82, 2.24) is 9.71 Å². The van der Waals surface area contributed by atoms with Gasteiger partial charge in [-0.15, -0.1) is 0 Å². The molecule has 0 aliphatic rings. The fourth-order valence-corrected chi connectivity index (χ4v) is 4.99. The van der Waals surface area contributed by atoms with E-state index >= 15 is 0 Å². The van der Waals surface area contributed by atoms with Crippen molar-refractivity contribution in [3.63, 3.8) is 0 Å². The van der Waals surface area contributed by atoms with Gasteiger partial charge in [0.2, 0.25) is 10.0 Å². The van der Waals surface area contributed by atoms with Crippen molar-refractivity contribution >= 4 is 20.9 Å². The number of nitrogens with one attached hydrogen (secondary N) is 1. The van der Waals surface area contributed by atoms with Crippen molar-refractivity contribution < 1.29 is 21.6 Å². The average Bonchev–Trinajstić information content (AvgIpc) is 2.78. The highest BCUT2D eigenvalue weighted by atomic mass is 32.2. The fraction of sp³-hybridized carbons (Fsp3) is 0.160. The Hall–Kier alpha value is -3.23. The van der Waals surface area contributed by atoms with Gasteiger partial charge in [0.15, 0.2) is 0 Å². The first-order valence-electron chi connectivity index (χ1n) is 10.3. The van der Waals surface area contributed by atoms with Crippen LogP contribution in [0.15, 0.2) is 77.8 Å². The molecular formula is C25H21F3N2O2S. The summed E-state index contributed by atoms with van der Waals surface area (Å²) in [4.78, 5) is 4.22. The Morgan fingerprint density at radius 2 is 1.55 bits per heavy atom. The van der Waals surface area contributed by atoms with Crippen LogP contribution >= 0.6 is 0 Å². The number of pyridine rings is 1. The van der Waals surface area contributed by atoms with Gasteiger partial charge in [0, 0.05) is 18.1 Å². The third kappa shape index (κ3) is 4.49. The number of para-hydroxylation sites is 1. The molecular weight excluding hydrogens is 449 g/mol. The summed E-state index contributed by atoms with van der Waals surface area (Å²) in [6, 6.07) is 17.9. The van der Waals surface area contributed by atoms with Crippen LogP contribution in [0.4, 0.5) is 13.2 Å². The lowest BCUT2D eigenvalue weighted by molar-refractivity contribution is -0.136. The number of fused-ring (bicyclic) bond motifs is 1. The van der Waals surface area contributed by atoms with Gasteiger partial charge in [0.05, 0.1) is 16.0 Å². The maximum atomic E-state index is 13.5. The number of hydrogen-bond donors (Lipinski definition) is 1. The largest absolute Gasteiger partial charge is 0.418 e. The zero-order valence-corrected chi connectivity index (χ0v) is 18.8. The molecule has 33 heavy (non-hydrogen) atoms. The molecule has 0 unspecified atom stereocenters. The fourth-order valence-electron chi connectivity index (χ4n) is 3.91. The van der Waals surface area contributed by atoms with E-state index in [4.69, 9.17) is 0 Å². The van der Waals surface area contributed by atoms with Gasteiger partial charge < -0.3 is 0 Å². The average molecular weight is 471 g/mol. The summed E-state index contributed by atoms with van der Waals surface area (Å²) in [5.41, 5.74) is 2.66. The molecule has 4 nitrogen and oxygen atoms in total. The van der Waals surface area contributed by atoms with Crippen molar-refractivity contribution in [1.29, 1.82) is 0 Å². The van der Waals surface area contributed by atoms with Crippen LogP contribution in [0.25, 0.3) is 33.2 Å². The number of sulfonamides is 1. The van der Waals surface area contributed by atoms with E-state index in [2.05, 4.69) is 9.71 Å². The lowest BCUT2D eigenvalue weighted by atomic mass is 9.93. The minimum Gasteiger partial charge on any atom is -0.255 e. The van der Waals surface area contributed by atoms with Crippen LogP contribution in [-0.4, -0.2) is 19.9 Å². The quantitative estimate of drug-likeness (QED) is 0.378. The second-order valence-electron chi connectivity index (χ2n) is 7.63. The number of hydrogen-bond acceptors (Lipinski definition) is 3. The normalized spacial score (nSPS) is 12.3. The Balaban J connectivity index is 1.87. The molecule has 0 aliphatic heterocycles. The van der Waals surface area contributed by atoms with Gasteiger partial charge in [-0.3, -0.25) is 4.98 Å². The summed E-state index contributed by atoms with van der Waals surface area (Å²) in [5, 5.41) is 0.408. The summed E-state index contributed by atoms with van der Waals surface area (Å²) in [6.07, 6.45) is -3.07. The monoisotopic (exact) mass is 470 g/mol. The van der Waals surface area contributed by atoms with Crippen LogP contribution in [0, 0.1) is 6.92 Å². The zero-order valence-electron chi connectivity index (χ0n) is 17.9. The molecule has 0 amide bonds. The van der Waals surface area contributed by atoms with Crippen molar-refractivity contribution in [2.75, 3.05) is 6.54 Å². The predicted molar refractivity (Wildman–Crippen MR) is 123 cm³/mol. The molecule has 8 heteroatoms. The number of aromatic nitrogens is 1. The molecule has 4 aromatic rings. The van der Waals surface area contributed by atoms with Gasteiger partial charge in [-0.2, -0.15) is 13.2 Å². The number of halogens is 3. The van der Waals surface area contributed by atoms with Gasteiger partial charge in [0.1, 0.15) is 0 Å². The Kier molecular flexibility index (Phi) is 5.99. The molecule has 0 saturated heterocycles. The maximum Gasteiger partial charge on any atom is 0.418 e. The molecule has 0 spiro atoms. The van der Waals surface area contributed by atoms with Gasteiger partial charge >= 0.3 is 6.18 Å². The number of nitrogens with zero attached hydrogens (tertiary/aromatic N) is 1. The molecule has 0 aliphatic carbocycles. The van der Waals surface area contributed by atoms with Gasteiger partial charge in [-0.25, -0.2) is 13.1 Å². The van der Waals surface area contributed by atoms with Crippen LogP contribution in [0.1, 0.15) is 18.1 Å². The smallest absolute Gasteiger partial charge is 0.255 e. The van der Waals surface area contributed by atoms with Crippen molar-refractivity contribution in [2.24, 2.45) is 0 Å². The molecule has 0 radical (unpaired) electrons. The van der Waals surface area contributed by atoms with Crippen LogP contribution < -0.4 is 4.72 Å². The topological polar surface area (TPSA) is 59.1 Å². The number of alkyl halides is 3. The first-order chi connectivity index (χ1) is 15.6. The highest BCUT2D eigenvalue weighted by Gasteiger charge is 2.33. The van der Waals surface area contributed by atoms with E-state index in [0.29, 0.717) is 16.5 Å². The van der Waals surface area contributed by atoms with E-state index in [9.17, 15) is 21.6 Å². The van der Waals surface area contributed by atoms with Crippen molar-refractivity contribution in [3.05, 3.63) is 84.1 Å². The van der Waals surface area contributed by atoms with Gasteiger partial charge in [-0.1, -0.05) is 49.4 Å². The molecule has 3 aromatic carbocycles. The van der Waals surface area contributed by atoms with Crippen LogP contribution in [0.2, 0.25) is 0 Å². The molecule has 0 fully saturated rings. The van der Waals surface area contributed by atoms with Crippen LogP contribution in [0.5, 0.6) is 0 Å². The van der Waals surface area contributed by atoms with E-state index in [-0.39, 0.29) is 17.0 Å². The Labute approximate surface area is 190 Å². The standard InChI is InChI=1S/C25H21F3N2O2S/c1-3-30-33(31,32)20-10-5-8-18(14-20)17-7-4-9-19(13-17)23-16(2)15-29-24-21(23)11-6-12-22(24)25(26,27)28/h4-15,30H,3H2,1-2H3. The van der Waals surface area contributed by atoms with E-state index in [1.54, 1.807) is 44.2 Å². The predicted octanol–water partition coefficient (Wildman–Crippen LogP) is 6.19. The highest BCUT2D eigenvalue weighted by Crippen LogP contribution is 2.39. The minimum absolute atomic E-state index is 0.102. The summed E-state index contributed by atoms with van der Waals surface area (Å²) in [7, 11) is -3.62. The maximum absolute atomic E-state index is 13.5. The first-order valence-corrected chi connectivity index (χ1v) is 11.8. The third-order valence-corrected chi connectivity index (χ3v) is 6.90. The van der Waals surface area contributed by atoms with Crippen LogP contribution in [-0.2, 0) is 16.2 Å². The van der Waals surface area contributed by atoms with E-state index in [1.165, 1.54) is 18.3 Å². The van der Waals surface area contributed by atoms with Crippen molar-refractivity contribution in [3.8, 4) is 22.3 Å². The number of rotatable bonds is 5. The van der Waals surface area contributed by atoms with Gasteiger partial charge in [0.25, 0.3) is 0 Å². The lowest BCUT2D eigenvalue weighted by Crippen LogP contribution is -2.23. The molecule has 0 saturated carbocycles. The number of aryl methyl sites for hydroxylation is 1. The summed E-state index contributed by atoms with van der Waals surface area (Å²) >= 11 is 0. The molecule has 0 bridgehead atoms. The van der Waals surface area contributed by atoms with E-state index in [1.807, 2.05) is 18.2 Å². The lowest BCUT2D eigenvalue weighted by Gasteiger charge is -2.15. The number of benzene rings is 3. The van der Waals surface area contributed by atoms with Crippen molar-refractivity contribution in [2.45, 2.75) is 24.9 Å². The summed E-state index contributed by atoms with van der Waals surface area (Å²) < 4.78 is 67.9. The Morgan fingerprint density at radius 3 is 2.24 bits per heavy atom. The Bertz CT molecular complexity index is 1450. The molecule has 170 valence electrons. The Morgan fingerprint density at radius 1 is 0.909 bits per heavy atom. The van der Waals surface area contributed by atoms with E-state index < -0.39 is 21.8 Å². The SMILES string of the molecule is CCNS(=O)(=O)c1cccc(-c2cccc(-c3c(C)cnc4c(C(F)(F)F)cccc34)c2)c1. The molecule has 1 aromatic heterocycles. The zero-order chi connectivity index (χ0) is 23.8. The first kappa shape index (κ1) is 22.9. The van der Waals surface area contributed by atoms with Gasteiger partial charge in [-0.05, 0) is 59.0 Å². The van der Waals surface area contributed by atoms with E-state index in [0.717, 1.165) is 22.8 Å². The second kappa shape index (κ2) is 8.61.